The molecule has 0 aliphatic heterocycles. The maximum Gasteiger partial charge on any atom is 0.338 e. The van der Waals surface area contributed by atoms with Crippen LogP contribution in [0.25, 0.3) is 0 Å². The van der Waals surface area contributed by atoms with Gasteiger partial charge in [-0.3, -0.25) is 0 Å². The minimum Gasteiger partial charge on any atom is -0.467 e. The summed E-state index contributed by atoms with van der Waals surface area (Å²) < 4.78 is 9.19. The number of carbonyl (C=O) groups is 2. The van der Waals surface area contributed by atoms with Crippen LogP contribution in [0.15, 0.2) is 12.7 Å². The molecule has 0 radical (unpaired) electrons. The van der Waals surface area contributed by atoms with Crippen LogP contribution in [0, 0.1) is 0 Å². The van der Waals surface area contributed by atoms with Gasteiger partial charge in [0.05, 0.1) is 7.11 Å². The third kappa shape index (κ3) is 2.95. The summed E-state index contributed by atoms with van der Waals surface area (Å²) in [7, 11) is 1.16. The molecule has 1 unspecified atom stereocenters. The second-order valence-corrected chi connectivity index (χ2v) is 3.25. The van der Waals surface area contributed by atoms with E-state index in [1.165, 1.54) is 6.08 Å². The Hall–Kier alpha value is -0.630. The summed E-state index contributed by atoms with van der Waals surface area (Å²) in [6, 6.07) is 0. The van der Waals surface area contributed by atoms with E-state index in [0.717, 1.165) is 7.11 Å². The molecule has 0 aromatic carbocycles. The van der Waals surface area contributed by atoms with Gasteiger partial charge in [0.25, 0.3) is 0 Å². The van der Waals surface area contributed by atoms with E-state index in [4.69, 9.17) is 5.73 Å². The quantitative estimate of drug-likeness (QED) is 0.255. The van der Waals surface area contributed by atoms with Crippen LogP contribution in [0.2, 0.25) is 0 Å². The Labute approximate surface area is 95.8 Å². The predicted molar refractivity (Wildman–Crippen MR) is 59.0 cm³/mol. The zero-order chi connectivity index (χ0) is 11.2. The summed E-state index contributed by atoms with van der Waals surface area (Å²) in [6.07, 6.45) is 1.39. The third-order valence-electron chi connectivity index (χ3n) is 1.46. The molecular formula is C8H12INO4. The number of rotatable bonds is 5. The molecule has 14 heavy (non-hydrogen) atoms. The lowest BCUT2D eigenvalue weighted by atomic mass is 10.1. The van der Waals surface area contributed by atoms with Crippen molar-refractivity contribution in [3.8, 4) is 0 Å². The highest BCUT2D eigenvalue weighted by molar-refractivity contribution is 14.1. The lowest BCUT2D eigenvalue weighted by Gasteiger charge is -2.21. The van der Waals surface area contributed by atoms with E-state index < -0.39 is 17.5 Å². The van der Waals surface area contributed by atoms with Gasteiger partial charge in [-0.2, -0.15) is 0 Å². The van der Waals surface area contributed by atoms with E-state index >= 15 is 0 Å². The molecule has 0 aromatic heterocycles. The smallest absolute Gasteiger partial charge is 0.338 e. The van der Waals surface area contributed by atoms with Gasteiger partial charge in [0.2, 0.25) is 5.54 Å². The fourth-order valence-corrected chi connectivity index (χ4v) is 1.26. The maximum absolute atomic E-state index is 11.4. The van der Waals surface area contributed by atoms with Crippen molar-refractivity contribution in [3.63, 3.8) is 0 Å². The van der Waals surface area contributed by atoms with Crippen molar-refractivity contribution in [1.29, 1.82) is 0 Å². The lowest BCUT2D eigenvalue weighted by Crippen LogP contribution is -2.57. The molecule has 5 nitrogen and oxygen atoms in total. The number of hydrogen-bond acceptors (Lipinski definition) is 5. The number of esters is 2. The van der Waals surface area contributed by atoms with Crippen molar-refractivity contribution >= 4 is 34.5 Å². The Morgan fingerprint density at radius 1 is 1.57 bits per heavy atom. The van der Waals surface area contributed by atoms with E-state index in [1.54, 1.807) is 0 Å². The van der Waals surface area contributed by atoms with Gasteiger partial charge in [-0.05, 0) is 0 Å². The van der Waals surface area contributed by atoms with Crippen LogP contribution in [0.3, 0.4) is 0 Å². The van der Waals surface area contributed by atoms with Gasteiger partial charge in [0.1, 0.15) is 6.61 Å². The zero-order valence-electron chi connectivity index (χ0n) is 7.79. The summed E-state index contributed by atoms with van der Waals surface area (Å²) in [5.74, 6) is -1.61. The zero-order valence-corrected chi connectivity index (χ0v) is 9.94. The lowest BCUT2D eigenvalue weighted by molar-refractivity contribution is -0.160. The van der Waals surface area contributed by atoms with Crippen molar-refractivity contribution in [2.24, 2.45) is 5.73 Å². The number of methoxy groups -OCH3 is 1. The SMILES string of the molecule is C=CCOC(=O)C(N)(CI)C(=O)OC. The average molecular weight is 313 g/mol. The molecule has 80 valence electrons. The van der Waals surface area contributed by atoms with Crippen LogP contribution in [0.4, 0.5) is 0 Å². The normalized spacial score (nSPS) is 13.9. The van der Waals surface area contributed by atoms with Crippen molar-refractivity contribution in [1.82, 2.24) is 0 Å². The Bertz CT molecular complexity index is 243. The molecule has 0 rings (SSSR count). The molecule has 0 aliphatic carbocycles. The van der Waals surface area contributed by atoms with E-state index in [-0.39, 0.29) is 11.0 Å². The van der Waals surface area contributed by atoms with Gasteiger partial charge in [0.15, 0.2) is 0 Å². The molecule has 6 heteroatoms. The topological polar surface area (TPSA) is 78.6 Å². The van der Waals surface area contributed by atoms with Crippen LogP contribution in [0.1, 0.15) is 0 Å². The number of nitrogens with two attached hydrogens (primary N) is 1. The Morgan fingerprint density at radius 2 is 2.14 bits per heavy atom. The Kier molecular flexibility index (Phi) is 5.70. The molecule has 0 saturated carbocycles. The molecule has 0 heterocycles. The molecule has 2 N–H and O–H groups in total. The molecule has 0 amide bonds. The van der Waals surface area contributed by atoms with E-state index in [2.05, 4.69) is 16.1 Å². The predicted octanol–water partition coefficient (Wildman–Crippen LogP) is 0.0211. The summed E-state index contributed by atoms with van der Waals surface area (Å²) >= 11 is 1.82. The van der Waals surface area contributed by atoms with Crippen molar-refractivity contribution in [3.05, 3.63) is 12.7 Å². The van der Waals surface area contributed by atoms with E-state index in [9.17, 15) is 9.59 Å². The number of ether oxygens (including phenoxy) is 2. The van der Waals surface area contributed by atoms with Crippen LogP contribution in [-0.2, 0) is 19.1 Å². The molecule has 0 aliphatic rings. The second-order valence-electron chi connectivity index (χ2n) is 2.48. The van der Waals surface area contributed by atoms with Crippen molar-refractivity contribution in [2.75, 3.05) is 18.1 Å². The standard InChI is InChI=1S/C8H12INO4/c1-3-4-14-7(12)8(10,5-9)6(11)13-2/h3H,1,4-5,10H2,2H3. The molecule has 1 atom stereocenters. The van der Waals surface area contributed by atoms with Crippen LogP contribution in [-0.4, -0.2) is 35.6 Å². The highest BCUT2D eigenvalue weighted by atomic mass is 127. The first-order chi connectivity index (χ1) is 6.52. The van der Waals surface area contributed by atoms with E-state index in [0.29, 0.717) is 0 Å². The van der Waals surface area contributed by atoms with Gasteiger partial charge in [-0.1, -0.05) is 35.2 Å². The van der Waals surface area contributed by atoms with Gasteiger partial charge >= 0.3 is 11.9 Å². The molecular weight excluding hydrogens is 301 g/mol. The average Bonchev–Trinajstić information content (AvgIpc) is 2.23. The Morgan fingerprint density at radius 3 is 2.50 bits per heavy atom. The van der Waals surface area contributed by atoms with Gasteiger partial charge in [0, 0.05) is 4.43 Å². The fraction of sp³-hybridized carbons (Fsp3) is 0.500. The number of carbonyl (C=O) groups excluding carboxylic acids is 2. The summed E-state index contributed by atoms with van der Waals surface area (Å²) in [6.45, 7) is 3.39. The highest BCUT2D eigenvalue weighted by Gasteiger charge is 2.44. The largest absolute Gasteiger partial charge is 0.467 e. The third-order valence-corrected chi connectivity index (χ3v) is 2.66. The van der Waals surface area contributed by atoms with E-state index in [1.807, 2.05) is 22.6 Å². The summed E-state index contributed by atoms with van der Waals surface area (Å²) in [5.41, 5.74) is 3.82. The molecule has 0 saturated heterocycles. The number of halogens is 1. The van der Waals surface area contributed by atoms with Gasteiger partial charge in [-0.15, -0.1) is 0 Å². The highest BCUT2D eigenvalue weighted by Crippen LogP contribution is 2.10. The molecule has 0 bridgehead atoms. The first-order valence-corrected chi connectivity index (χ1v) is 5.26. The van der Waals surface area contributed by atoms with Crippen LogP contribution in [0.5, 0.6) is 0 Å². The van der Waals surface area contributed by atoms with Gasteiger partial charge in [-0.25, -0.2) is 9.59 Å². The molecule has 0 spiro atoms. The Balaban J connectivity index is 4.58. The number of hydrogen-bond donors (Lipinski definition) is 1. The maximum atomic E-state index is 11.4. The molecule has 0 aromatic rings. The number of alkyl halides is 1. The molecule has 0 fully saturated rings. The summed E-state index contributed by atoms with van der Waals surface area (Å²) in [5, 5.41) is 0. The minimum absolute atomic E-state index is 0.0193. The fourth-order valence-electron chi connectivity index (χ4n) is 0.638. The van der Waals surface area contributed by atoms with Gasteiger partial charge < -0.3 is 15.2 Å². The monoisotopic (exact) mass is 313 g/mol. The van der Waals surface area contributed by atoms with Crippen molar-refractivity contribution in [2.45, 2.75) is 5.54 Å². The minimum atomic E-state index is -1.72. The second kappa shape index (κ2) is 5.97. The first kappa shape index (κ1) is 13.4. The van der Waals surface area contributed by atoms with Crippen molar-refractivity contribution < 1.29 is 19.1 Å². The first-order valence-electron chi connectivity index (χ1n) is 3.74. The summed E-state index contributed by atoms with van der Waals surface area (Å²) in [4.78, 5) is 22.5. The van der Waals surface area contributed by atoms with Crippen LogP contribution >= 0.6 is 22.6 Å². The van der Waals surface area contributed by atoms with Crippen LogP contribution < -0.4 is 5.73 Å².